The Morgan fingerprint density at radius 2 is 1.96 bits per heavy atom. The van der Waals surface area contributed by atoms with Crippen LogP contribution in [0.3, 0.4) is 0 Å². The van der Waals surface area contributed by atoms with E-state index in [0.717, 1.165) is 67.7 Å². The van der Waals surface area contributed by atoms with Crippen molar-refractivity contribution in [1.29, 1.82) is 0 Å². The molecule has 6 nitrogen and oxygen atoms in total. The lowest BCUT2D eigenvalue weighted by Crippen LogP contribution is -2.34. The Morgan fingerprint density at radius 3 is 2.71 bits per heavy atom. The van der Waals surface area contributed by atoms with E-state index in [1.165, 1.54) is 0 Å². The second-order valence-corrected chi connectivity index (χ2v) is 6.95. The lowest BCUT2D eigenvalue weighted by Gasteiger charge is -2.30. The van der Waals surface area contributed by atoms with Gasteiger partial charge in [-0.3, -0.25) is 9.78 Å². The van der Waals surface area contributed by atoms with Crippen molar-refractivity contribution < 1.29 is 0 Å². The van der Waals surface area contributed by atoms with E-state index >= 15 is 0 Å². The molecule has 2 aromatic heterocycles. The molecule has 0 atom stereocenters. The number of nitrogens with zero attached hydrogens (tertiary/aromatic N) is 4. The first kappa shape index (κ1) is 15.3. The van der Waals surface area contributed by atoms with E-state index in [1.807, 2.05) is 13.0 Å². The molecular formula is C18H23N5O. The van der Waals surface area contributed by atoms with Gasteiger partial charge in [-0.1, -0.05) is 0 Å². The summed E-state index contributed by atoms with van der Waals surface area (Å²) < 4.78 is 1.74. The van der Waals surface area contributed by atoms with E-state index in [9.17, 15) is 4.79 Å². The fourth-order valence-corrected chi connectivity index (χ4v) is 3.82. The molecule has 0 unspecified atom stereocenters. The zero-order chi connectivity index (χ0) is 16.5. The van der Waals surface area contributed by atoms with Crippen LogP contribution in [0, 0.1) is 6.92 Å². The Morgan fingerprint density at radius 1 is 1.12 bits per heavy atom. The molecule has 1 saturated carbocycles. The lowest BCUT2D eigenvalue weighted by atomic mass is 9.91. The van der Waals surface area contributed by atoms with Gasteiger partial charge in [-0.2, -0.15) is 5.10 Å². The van der Waals surface area contributed by atoms with Gasteiger partial charge in [0, 0.05) is 12.1 Å². The number of aromatic nitrogens is 4. The summed E-state index contributed by atoms with van der Waals surface area (Å²) in [6.07, 6.45) is 10.7. The first-order valence-electron chi connectivity index (χ1n) is 8.86. The van der Waals surface area contributed by atoms with Crippen LogP contribution < -0.4 is 10.9 Å². The van der Waals surface area contributed by atoms with Gasteiger partial charge < -0.3 is 5.32 Å². The molecule has 4 rings (SSSR count). The summed E-state index contributed by atoms with van der Waals surface area (Å²) in [5.41, 5.74) is 3.28. The zero-order valence-corrected chi connectivity index (χ0v) is 14.0. The molecular weight excluding hydrogens is 302 g/mol. The average molecular weight is 325 g/mol. The van der Waals surface area contributed by atoms with Crippen LogP contribution in [0.5, 0.6) is 0 Å². The standard InChI is InChI=1S/C18H23N5O/c1-12-10-20-17(11-19-12)21-14-5-7-15(8-6-14)23-18(24)9-13-3-2-4-16(13)22-23/h9-11,14-15H,2-8H2,1H3,(H,20,21). The molecule has 1 fully saturated rings. The number of anilines is 1. The highest BCUT2D eigenvalue weighted by molar-refractivity contribution is 5.32. The maximum Gasteiger partial charge on any atom is 0.267 e. The number of aryl methyl sites for hydroxylation is 3. The van der Waals surface area contributed by atoms with Crippen molar-refractivity contribution in [3.8, 4) is 0 Å². The van der Waals surface area contributed by atoms with Gasteiger partial charge in [-0.25, -0.2) is 9.67 Å². The van der Waals surface area contributed by atoms with Gasteiger partial charge in [0.05, 0.1) is 29.8 Å². The average Bonchev–Trinajstić information content (AvgIpc) is 3.04. The van der Waals surface area contributed by atoms with Gasteiger partial charge in [0.25, 0.3) is 5.56 Å². The Labute approximate surface area is 141 Å². The van der Waals surface area contributed by atoms with Crippen LogP contribution in [-0.4, -0.2) is 25.8 Å². The third-order valence-electron chi connectivity index (χ3n) is 5.16. The quantitative estimate of drug-likeness (QED) is 0.938. The fraction of sp³-hybridized carbons (Fsp3) is 0.556. The van der Waals surface area contributed by atoms with E-state index in [4.69, 9.17) is 0 Å². The SMILES string of the molecule is Cc1cnc(NC2CCC(n3nc4c(cc3=O)CCC4)CC2)cn1. The number of nitrogens with one attached hydrogen (secondary N) is 1. The fourth-order valence-electron chi connectivity index (χ4n) is 3.82. The van der Waals surface area contributed by atoms with Gasteiger partial charge in [0.15, 0.2) is 0 Å². The van der Waals surface area contributed by atoms with E-state index in [0.29, 0.717) is 6.04 Å². The molecule has 0 bridgehead atoms. The highest BCUT2D eigenvalue weighted by atomic mass is 16.1. The third-order valence-corrected chi connectivity index (χ3v) is 5.16. The molecule has 24 heavy (non-hydrogen) atoms. The first-order chi connectivity index (χ1) is 11.7. The molecule has 6 heteroatoms. The first-order valence-corrected chi connectivity index (χ1v) is 8.86. The molecule has 0 spiro atoms. The summed E-state index contributed by atoms with van der Waals surface area (Å²) in [6, 6.07) is 2.43. The second-order valence-electron chi connectivity index (χ2n) is 6.95. The minimum atomic E-state index is 0.0662. The molecule has 0 amide bonds. The summed E-state index contributed by atoms with van der Waals surface area (Å²) in [6.45, 7) is 1.93. The molecule has 0 radical (unpaired) electrons. The van der Waals surface area contributed by atoms with Crippen molar-refractivity contribution in [2.24, 2.45) is 0 Å². The van der Waals surface area contributed by atoms with E-state index in [2.05, 4.69) is 20.4 Å². The van der Waals surface area contributed by atoms with Crippen LogP contribution >= 0.6 is 0 Å². The van der Waals surface area contributed by atoms with Crippen LogP contribution in [0.1, 0.15) is 55.1 Å². The highest BCUT2D eigenvalue weighted by Gasteiger charge is 2.25. The maximum atomic E-state index is 12.3. The van der Waals surface area contributed by atoms with Gasteiger partial charge in [0.2, 0.25) is 0 Å². The Bertz CT molecular complexity index is 775. The minimum Gasteiger partial charge on any atom is -0.366 e. The van der Waals surface area contributed by atoms with Gasteiger partial charge in [-0.15, -0.1) is 0 Å². The van der Waals surface area contributed by atoms with Gasteiger partial charge >= 0.3 is 0 Å². The van der Waals surface area contributed by atoms with Crippen LogP contribution in [0.2, 0.25) is 0 Å². The third kappa shape index (κ3) is 3.05. The molecule has 2 heterocycles. The summed E-state index contributed by atoms with van der Waals surface area (Å²) in [7, 11) is 0. The monoisotopic (exact) mass is 325 g/mol. The number of fused-ring (bicyclic) bond motifs is 1. The summed E-state index contributed by atoms with van der Waals surface area (Å²) >= 11 is 0. The van der Waals surface area contributed by atoms with Crippen LogP contribution in [0.15, 0.2) is 23.3 Å². The van der Waals surface area contributed by atoms with E-state index in [-0.39, 0.29) is 11.6 Å². The smallest absolute Gasteiger partial charge is 0.267 e. The molecule has 2 aliphatic carbocycles. The molecule has 2 aliphatic rings. The van der Waals surface area contributed by atoms with Crippen molar-refractivity contribution in [3.63, 3.8) is 0 Å². The Kier molecular flexibility index (Phi) is 4.04. The minimum absolute atomic E-state index is 0.0662. The van der Waals surface area contributed by atoms with Crippen molar-refractivity contribution in [3.05, 3.63) is 45.8 Å². The Balaban J connectivity index is 1.41. The highest BCUT2D eigenvalue weighted by Crippen LogP contribution is 2.29. The maximum absolute atomic E-state index is 12.3. The molecule has 0 saturated heterocycles. The largest absolute Gasteiger partial charge is 0.366 e. The number of hydrogen-bond acceptors (Lipinski definition) is 5. The topological polar surface area (TPSA) is 72.7 Å². The molecule has 0 aromatic carbocycles. The van der Waals surface area contributed by atoms with Crippen LogP contribution in [-0.2, 0) is 12.8 Å². The van der Waals surface area contributed by atoms with Crippen molar-refractivity contribution in [2.45, 2.75) is 64.0 Å². The zero-order valence-electron chi connectivity index (χ0n) is 14.0. The van der Waals surface area contributed by atoms with Crippen molar-refractivity contribution in [2.75, 3.05) is 5.32 Å². The summed E-state index contributed by atoms with van der Waals surface area (Å²) in [4.78, 5) is 21.0. The number of rotatable bonds is 3. The van der Waals surface area contributed by atoms with Crippen molar-refractivity contribution in [1.82, 2.24) is 19.7 Å². The van der Waals surface area contributed by atoms with Crippen molar-refractivity contribution >= 4 is 5.82 Å². The summed E-state index contributed by atoms with van der Waals surface area (Å²) in [5.74, 6) is 0.830. The molecule has 2 aromatic rings. The lowest BCUT2D eigenvalue weighted by molar-refractivity contribution is 0.301. The van der Waals surface area contributed by atoms with Gasteiger partial charge in [0.1, 0.15) is 5.82 Å². The predicted octanol–water partition coefficient (Wildman–Crippen LogP) is 2.43. The Hall–Kier alpha value is -2.24. The summed E-state index contributed by atoms with van der Waals surface area (Å²) in [5, 5.41) is 8.11. The van der Waals surface area contributed by atoms with Crippen LogP contribution in [0.4, 0.5) is 5.82 Å². The van der Waals surface area contributed by atoms with Gasteiger partial charge in [-0.05, 0) is 57.4 Å². The molecule has 126 valence electrons. The molecule has 1 N–H and O–H groups in total. The van der Waals surface area contributed by atoms with E-state index < -0.39 is 0 Å². The normalized spacial score (nSPS) is 23.0. The number of hydrogen-bond donors (Lipinski definition) is 1. The predicted molar refractivity (Wildman–Crippen MR) is 92.2 cm³/mol. The second kappa shape index (κ2) is 6.34. The van der Waals surface area contributed by atoms with E-state index in [1.54, 1.807) is 17.1 Å². The molecule has 0 aliphatic heterocycles. The van der Waals surface area contributed by atoms with Crippen LogP contribution in [0.25, 0.3) is 0 Å².